The molecule has 0 aliphatic carbocycles. The van der Waals surface area contributed by atoms with E-state index in [9.17, 15) is 13.2 Å². The maximum atomic E-state index is 12.1. The highest BCUT2D eigenvalue weighted by atomic mass is 19.4. The number of nitrogens with zero attached hydrogens (tertiary/aromatic N) is 1. The van der Waals surface area contributed by atoms with Crippen LogP contribution in [-0.4, -0.2) is 37.3 Å². The van der Waals surface area contributed by atoms with Gasteiger partial charge in [-0.25, -0.2) is 0 Å². The molecule has 0 aromatic carbocycles. The minimum atomic E-state index is -4.13. The number of alkyl halides is 3. The smallest absolute Gasteiger partial charge is 0.330 e. The molecule has 1 saturated heterocycles. The van der Waals surface area contributed by atoms with Crippen molar-refractivity contribution < 1.29 is 13.2 Å². The van der Waals surface area contributed by atoms with Crippen LogP contribution >= 0.6 is 0 Å². The van der Waals surface area contributed by atoms with Crippen molar-refractivity contribution in [3.8, 4) is 0 Å². The molecule has 1 heterocycles. The molecular formula is C7H13F3N2. The third-order valence-electron chi connectivity index (χ3n) is 2.17. The van der Waals surface area contributed by atoms with Crippen molar-refractivity contribution in [3.63, 3.8) is 0 Å². The van der Waals surface area contributed by atoms with Gasteiger partial charge in [-0.1, -0.05) is 0 Å². The highest BCUT2D eigenvalue weighted by Crippen LogP contribution is 2.27. The van der Waals surface area contributed by atoms with Crippen molar-refractivity contribution in [3.05, 3.63) is 0 Å². The van der Waals surface area contributed by atoms with Crippen molar-refractivity contribution in [2.24, 2.45) is 11.7 Å². The predicted molar refractivity (Wildman–Crippen MR) is 39.7 cm³/mol. The summed E-state index contributed by atoms with van der Waals surface area (Å²) in [6, 6.07) is 0. The van der Waals surface area contributed by atoms with Crippen LogP contribution in [-0.2, 0) is 0 Å². The number of nitrogens with two attached hydrogens (primary N) is 1. The first-order valence-corrected chi connectivity index (χ1v) is 4.03. The largest absolute Gasteiger partial charge is 0.394 e. The minimum absolute atomic E-state index is 0.0694. The number of hydrogen-bond acceptors (Lipinski definition) is 2. The Kier molecular flexibility index (Phi) is 2.95. The first kappa shape index (κ1) is 9.80. The molecule has 1 unspecified atom stereocenters. The molecular weight excluding hydrogens is 169 g/mol. The second-order valence-electron chi connectivity index (χ2n) is 3.13. The molecule has 72 valence electrons. The van der Waals surface area contributed by atoms with Crippen LogP contribution in [0.2, 0.25) is 0 Å². The summed E-state index contributed by atoms with van der Waals surface area (Å²) in [5.41, 5.74) is 5.04. The standard InChI is InChI=1S/C7H13F3N2/c8-7(9,10)6(4-11)5-12-2-1-3-12/h6H,1-5,11H2. The lowest BCUT2D eigenvalue weighted by Crippen LogP contribution is -2.46. The molecule has 5 heteroatoms. The Bertz CT molecular complexity index is 142. The second-order valence-corrected chi connectivity index (χ2v) is 3.13. The average molecular weight is 182 g/mol. The lowest BCUT2D eigenvalue weighted by Gasteiger charge is -2.34. The van der Waals surface area contributed by atoms with Gasteiger partial charge in [0.1, 0.15) is 0 Å². The lowest BCUT2D eigenvalue weighted by molar-refractivity contribution is -0.178. The average Bonchev–Trinajstić information content (AvgIpc) is 1.82. The summed E-state index contributed by atoms with van der Waals surface area (Å²) >= 11 is 0. The lowest BCUT2D eigenvalue weighted by atomic mass is 10.1. The molecule has 1 fully saturated rings. The van der Waals surface area contributed by atoms with Gasteiger partial charge in [0.15, 0.2) is 0 Å². The maximum absolute atomic E-state index is 12.1. The maximum Gasteiger partial charge on any atom is 0.394 e. The summed E-state index contributed by atoms with van der Waals surface area (Å²) < 4.78 is 36.4. The van der Waals surface area contributed by atoms with Crippen molar-refractivity contribution in [1.29, 1.82) is 0 Å². The highest BCUT2D eigenvalue weighted by Gasteiger charge is 2.39. The van der Waals surface area contributed by atoms with Crippen LogP contribution in [0.1, 0.15) is 6.42 Å². The molecule has 1 atom stereocenters. The van der Waals surface area contributed by atoms with Gasteiger partial charge in [-0.3, -0.25) is 0 Å². The summed E-state index contributed by atoms with van der Waals surface area (Å²) in [6.07, 6.45) is -3.13. The van der Waals surface area contributed by atoms with Crippen molar-refractivity contribution in [2.45, 2.75) is 12.6 Å². The van der Waals surface area contributed by atoms with E-state index in [1.165, 1.54) is 0 Å². The monoisotopic (exact) mass is 182 g/mol. The Balaban J connectivity index is 2.34. The molecule has 0 saturated carbocycles. The topological polar surface area (TPSA) is 29.3 Å². The van der Waals surface area contributed by atoms with Crippen LogP contribution in [0.25, 0.3) is 0 Å². The number of halogens is 3. The predicted octanol–water partition coefficient (Wildman–Crippen LogP) is 0.829. The summed E-state index contributed by atoms with van der Waals surface area (Å²) in [4.78, 5) is 1.78. The van der Waals surface area contributed by atoms with Crippen LogP contribution in [0.5, 0.6) is 0 Å². The van der Waals surface area contributed by atoms with Gasteiger partial charge in [0.2, 0.25) is 0 Å². The number of rotatable bonds is 3. The quantitative estimate of drug-likeness (QED) is 0.700. The summed E-state index contributed by atoms with van der Waals surface area (Å²) in [6.45, 7) is 1.33. The van der Waals surface area contributed by atoms with Crippen LogP contribution in [0, 0.1) is 5.92 Å². The zero-order valence-corrected chi connectivity index (χ0v) is 6.77. The molecule has 0 aromatic rings. The molecule has 0 bridgehead atoms. The molecule has 2 nitrogen and oxygen atoms in total. The second kappa shape index (κ2) is 3.62. The van der Waals surface area contributed by atoms with E-state index >= 15 is 0 Å². The fourth-order valence-electron chi connectivity index (χ4n) is 1.19. The van der Waals surface area contributed by atoms with Gasteiger partial charge in [0.05, 0.1) is 5.92 Å². The Morgan fingerprint density at radius 3 is 2.17 bits per heavy atom. The molecule has 0 spiro atoms. The minimum Gasteiger partial charge on any atom is -0.330 e. The number of likely N-dealkylation sites (tertiary alicyclic amines) is 1. The van der Waals surface area contributed by atoms with E-state index in [-0.39, 0.29) is 13.1 Å². The normalized spacial score (nSPS) is 22.0. The summed E-state index contributed by atoms with van der Waals surface area (Å²) in [5, 5.41) is 0. The van der Waals surface area contributed by atoms with Gasteiger partial charge in [-0.15, -0.1) is 0 Å². The van der Waals surface area contributed by atoms with E-state index < -0.39 is 12.1 Å². The van der Waals surface area contributed by atoms with Gasteiger partial charge in [-0.2, -0.15) is 13.2 Å². The van der Waals surface area contributed by atoms with Crippen molar-refractivity contribution in [2.75, 3.05) is 26.2 Å². The van der Waals surface area contributed by atoms with E-state index in [0.717, 1.165) is 19.5 Å². The molecule has 2 N–H and O–H groups in total. The highest BCUT2D eigenvalue weighted by molar-refractivity contribution is 4.77. The van der Waals surface area contributed by atoms with E-state index in [1.54, 1.807) is 4.90 Å². The Morgan fingerprint density at radius 2 is 1.92 bits per heavy atom. The Labute approximate surface area is 69.5 Å². The fraction of sp³-hybridized carbons (Fsp3) is 1.00. The van der Waals surface area contributed by atoms with E-state index in [2.05, 4.69) is 0 Å². The zero-order valence-electron chi connectivity index (χ0n) is 6.77. The molecule has 1 aliphatic rings. The van der Waals surface area contributed by atoms with Gasteiger partial charge in [-0.05, 0) is 19.5 Å². The van der Waals surface area contributed by atoms with Crippen molar-refractivity contribution >= 4 is 0 Å². The SMILES string of the molecule is NCC(CN1CCC1)C(F)(F)F. The van der Waals surface area contributed by atoms with Gasteiger partial charge in [0, 0.05) is 13.1 Å². The molecule has 12 heavy (non-hydrogen) atoms. The summed E-state index contributed by atoms with van der Waals surface area (Å²) in [5.74, 6) is -1.35. The Morgan fingerprint density at radius 1 is 1.33 bits per heavy atom. The van der Waals surface area contributed by atoms with Gasteiger partial charge >= 0.3 is 6.18 Å². The zero-order chi connectivity index (χ0) is 9.19. The first-order chi connectivity index (χ1) is 5.54. The third kappa shape index (κ3) is 2.35. The Hall–Kier alpha value is -0.290. The summed E-state index contributed by atoms with van der Waals surface area (Å²) in [7, 11) is 0. The van der Waals surface area contributed by atoms with E-state index in [4.69, 9.17) is 5.73 Å². The molecule has 0 aromatic heterocycles. The molecule has 0 radical (unpaired) electrons. The van der Waals surface area contributed by atoms with Crippen LogP contribution in [0.4, 0.5) is 13.2 Å². The third-order valence-corrected chi connectivity index (χ3v) is 2.17. The van der Waals surface area contributed by atoms with Crippen LogP contribution < -0.4 is 5.73 Å². The first-order valence-electron chi connectivity index (χ1n) is 4.03. The fourth-order valence-corrected chi connectivity index (χ4v) is 1.19. The van der Waals surface area contributed by atoms with Gasteiger partial charge in [0.25, 0.3) is 0 Å². The van der Waals surface area contributed by atoms with Crippen molar-refractivity contribution in [1.82, 2.24) is 4.90 Å². The van der Waals surface area contributed by atoms with E-state index in [0.29, 0.717) is 0 Å². The van der Waals surface area contributed by atoms with Crippen LogP contribution in [0.3, 0.4) is 0 Å². The molecule has 1 aliphatic heterocycles. The number of hydrogen-bond donors (Lipinski definition) is 1. The molecule has 1 rings (SSSR count). The molecule has 0 amide bonds. The van der Waals surface area contributed by atoms with Gasteiger partial charge < -0.3 is 10.6 Å². The van der Waals surface area contributed by atoms with E-state index in [1.807, 2.05) is 0 Å². The van der Waals surface area contributed by atoms with Crippen LogP contribution in [0.15, 0.2) is 0 Å².